The maximum Gasteiger partial charge on any atom is 0.186 e. The standard InChI is InChI=1S/C7H4N3O/c1-3-8-5-9-6(1)7-2-4-10-11-7/h1-3,5H. The third kappa shape index (κ3) is 1.10. The maximum atomic E-state index is 4.82. The molecule has 2 heterocycles. The molecule has 2 aromatic rings. The Bertz CT molecular complexity index is 317. The molecule has 0 aliphatic heterocycles. The molecule has 0 N–H and O–H groups in total. The summed E-state index contributed by atoms with van der Waals surface area (Å²) in [6.07, 6.45) is 5.65. The lowest BCUT2D eigenvalue weighted by Crippen LogP contribution is -1.80. The summed E-state index contributed by atoms with van der Waals surface area (Å²) in [6, 6.07) is 3.37. The van der Waals surface area contributed by atoms with E-state index in [0.29, 0.717) is 11.5 Å². The Morgan fingerprint density at radius 1 is 1.45 bits per heavy atom. The second-order valence-electron chi connectivity index (χ2n) is 1.91. The van der Waals surface area contributed by atoms with Crippen molar-refractivity contribution < 1.29 is 4.52 Å². The third-order valence-corrected chi connectivity index (χ3v) is 1.23. The lowest BCUT2D eigenvalue weighted by Gasteiger charge is -1.89. The minimum absolute atomic E-state index is 0.604. The highest BCUT2D eigenvalue weighted by molar-refractivity contribution is 5.49. The summed E-state index contributed by atoms with van der Waals surface area (Å²) >= 11 is 0. The van der Waals surface area contributed by atoms with E-state index in [2.05, 4.69) is 21.3 Å². The fourth-order valence-electron chi connectivity index (χ4n) is 0.744. The van der Waals surface area contributed by atoms with Crippen LogP contribution in [0.1, 0.15) is 0 Å². The molecular formula is C7H4N3O. The van der Waals surface area contributed by atoms with Gasteiger partial charge in [-0.3, -0.25) is 0 Å². The number of nitrogens with zero attached hydrogens (tertiary/aromatic N) is 3. The van der Waals surface area contributed by atoms with Crippen molar-refractivity contribution in [2.24, 2.45) is 0 Å². The van der Waals surface area contributed by atoms with E-state index in [1.165, 1.54) is 6.33 Å². The SMILES string of the molecule is [c]1cc(-c2ccncn2)on1. The molecule has 11 heavy (non-hydrogen) atoms. The highest BCUT2D eigenvalue weighted by atomic mass is 16.5. The average molecular weight is 146 g/mol. The van der Waals surface area contributed by atoms with E-state index < -0.39 is 0 Å². The van der Waals surface area contributed by atoms with Crippen LogP contribution in [0.2, 0.25) is 0 Å². The molecule has 0 fully saturated rings. The molecular weight excluding hydrogens is 142 g/mol. The summed E-state index contributed by atoms with van der Waals surface area (Å²) in [5.41, 5.74) is 0.716. The molecule has 0 aliphatic carbocycles. The predicted molar refractivity (Wildman–Crippen MR) is 36.4 cm³/mol. The van der Waals surface area contributed by atoms with Crippen LogP contribution < -0.4 is 0 Å². The van der Waals surface area contributed by atoms with Crippen molar-refractivity contribution in [3.8, 4) is 11.5 Å². The van der Waals surface area contributed by atoms with E-state index in [0.717, 1.165) is 0 Å². The molecule has 4 nitrogen and oxygen atoms in total. The monoisotopic (exact) mass is 146 g/mol. The molecule has 0 spiro atoms. The van der Waals surface area contributed by atoms with Crippen molar-refractivity contribution in [3.63, 3.8) is 0 Å². The average Bonchev–Trinajstić information content (AvgIpc) is 2.58. The largest absolute Gasteiger partial charge is 0.354 e. The van der Waals surface area contributed by atoms with Crippen LogP contribution in [0.15, 0.2) is 29.2 Å². The van der Waals surface area contributed by atoms with Gasteiger partial charge in [0.15, 0.2) is 5.76 Å². The fourth-order valence-corrected chi connectivity index (χ4v) is 0.744. The van der Waals surface area contributed by atoms with Gasteiger partial charge in [0.25, 0.3) is 0 Å². The van der Waals surface area contributed by atoms with Crippen molar-refractivity contribution in [1.29, 1.82) is 0 Å². The lowest BCUT2D eigenvalue weighted by molar-refractivity contribution is 0.429. The van der Waals surface area contributed by atoms with Gasteiger partial charge in [-0.25, -0.2) is 9.97 Å². The summed E-state index contributed by atoms with van der Waals surface area (Å²) in [4.78, 5) is 7.73. The first kappa shape index (κ1) is 6.03. The van der Waals surface area contributed by atoms with E-state index in [1.807, 2.05) is 0 Å². The normalized spacial score (nSPS) is 9.82. The van der Waals surface area contributed by atoms with E-state index in [1.54, 1.807) is 18.3 Å². The van der Waals surface area contributed by atoms with Crippen LogP contribution >= 0.6 is 0 Å². The molecule has 2 aromatic heterocycles. The molecule has 1 radical (unpaired) electrons. The Kier molecular flexibility index (Phi) is 1.37. The second-order valence-corrected chi connectivity index (χ2v) is 1.91. The molecule has 0 saturated carbocycles. The molecule has 0 bridgehead atoms. The van der Waals surface area contributed by atoms with Crippen LogP contribution in [-0.4, -0.2) is 15.1 Å². The summed E-state index contributed by atoms with van der Waals surface area (Å²) in [5.74, 6) is 0.604. The molecule has 0 aliphatic rings. The molecule has 0 amide bonds. The minimum Gasteiger partial charge on any atom is -0.354 e. The van der Waals surface area contributed by atoms with Gasteiger partial charge in [0.2, 0.25) is 0 Å². The summed E-state index contributed by atoms with van der Waals surface area (Å²) in [5, 5.41) is 3.44. The molecule has 2 rings (SSSR count). The number of rotatable bonds is 1. The van der Waals surface area contributed by atoms with Gasteiger partial charge < -0.3 is 4.52 Å². The van der Waals surface area contributed by atoms with Crippen LogP contribution in [0.25, 0.3) is 11.5 Å². The van der Waals surface area contributed by atoms with Crippen molar-refractivity contribution in [2.75, 3.05) is 0 Å². The third-order valence-electron chi connectivity index (χ3n) is 1.23. The minimum atomic E-state index is 0.604. The first-order valence-corrected chi connectivity index (χ1v) is 3.06. The zero-order valence-electron chi connectivity index (χ0n) is 5.56. The van der Waals surface area contributed by atoms with Gasteiger partial charge in [-0.2, -0.15) is 0 Å². The van der Waals surface area contributed by atoms with Gasteiger partial charge in [-0.05, 0) is 6.07 Å². The molecule has 0 unspecified atom stereocenters. The first-order valence-electron chi connectivity index (χ1n) is 3.06. The van der Waals surface area contributed by atoms with Gasteiger partial charge >= 0.3 is 0 Å². The first-order chi connectivity index (χ1) is 5.47. The van der Waals surface area contributed by atoms with E-state index >= 15 is 0 Å². The number of aromatic nitrogens is 3. The van der Waals surface area contributed by atoms with Crippen molar-refractivity contribution in [3.05, 3.63) is 30.9 Å². The highest BCUT2D eigenvalue weighted by Crippen LogP contribution is 2.12. The van der Waals surface area contributed by atoms with Crippen LogP contribution in [0.3, 0.4) is 0 Å². The Hall–Kier alpha value is -1.71. The van der Waals surface area contributed by atoms with E-state index in [4.69, 9.17) is 4.52 Å². The number of hydrogen-bond donors (Lipinski definition) is 0. The Morgan fingerprint density at radius 2 is 2.45 bits per heavy atom. The Balaban J connectivity index is 2.46. The van der Waals surface area contributed by atoms with Gasteiger partial charge in [-0.1, -0.05) is 5.16 Å². The summed E-state index contributed by atoms with van der Waals surface area (Å²) in [7, 11) is 0. The molecule has 0 saturated heterocycles. The fraction of sp³-hybridized carbons (Fsp3) is 0. The topological polar surface area (TPSA) is 51.8 Å². The van der Waals surface area contributed by atoms with Crippen LogP contribution in [0.4, 0.5) is 0 Å². The van der Waals surface area contributed by atoms with Crippen molar-refractivity contribution in [2.45, 2.75) is 0 Å². The molecule has 4 heteroatoms. The Labute approximate surface area is 62.9 Å². The Morgan fingerprint density at radius 3 is 3.09 bits per heavy atom. The molecule has 0 aromatic carbocycles. The summed E-state index contributed by atoms with van der Waals surface area (Å²) in [6.45, 7) is 0. The highest BCUT2D eigenvalue weighted by Gasteiger charge is 2.00. The molecule has 53 valence electrons. The van der Waals surface area contributed by atoms with Gasteiger partial charge in [-0.15, -0.1) is 0 Å². The predicted octanol–water partition coefficient (Wildman–Crippen LogP) is 0.932. The zero-order chi connectivity index (χ0) is 7.52. The van der Waals surface area contributed by atoms with Crippen LogP contribution in [0.5, 0.6) is 0 Å². The smallest absolute Gasteiger partial charge is 0.186 e. The summed E-state index contributed by atoms with van der Waals surface area (Å²) < 4.78 is 4.82. The maximum absolute atomic E-state index is 4.82. The van der Waals surface area contributed by atoms with Gasteiger partial charge in [0, 0.05) is 12.3 Å². The van der Waals surface area contributed by atoms with Crippen LogP contribution in [0, 0.1) is 6.20 Å². The van der Waals surface area contributed by atoms with Crippen LogP contribution in [-0.2, 0) is 0 Å². The van der Waals surface area contributed by atoms with Gasteiger partial charge in [0.05, 0.1) is 0 Å². The van der Waals surface area contributed by atoms with Crippen molar-refractivity contribution in [1.82, 2.24) is 15.1 Å². The van der Waals surface area contributed by atoms with E-state index in [-0.39, 0.29) is 0 Å². The quantitative estimate of drug-likeness (QED) is 0.600. The van der Waals surface area contributed by atoms with Crippen molar-refractivity contribution >= 4 is 0 Å². The molecule has 0 atom stereocenters. The lowest BCUT2D eigenvalue weighted by atomic mass is 10.3. The van der Waals surface area contributed by atoms with E-state index in [9.17, 15) is 0 Å². The zero-order valence-corrected chi connectivity index (χ0v) is 5.56. The second kappa shape index (κ2) is 2.49. The number of hydrogen-bond acceptors (Lipinski definition) is 4. The van der Waals surface area contributed by atoms with Gasteiger partial charge in [0.1, 0.15) is 18.2 Å².